The van der Waals surface area contributed by atoms with Gasteiger partial charge in [-0.2, -0.15) is 0 Å². The molecule has 0 aliphatic rings. The molecule has 29 heavy (non-hydrogen) atoms. The predicted octanol–water partition coefficient (Wildman–Crippen LogP) is 2.69. The molecule has 3 N–H and O–H groups in total. The predicted molar refractivity (Wildman–Crippen MR) is 110 cm³/mol. The Hall–Kier alpha value is -3.35. The number of carbonyl (C=O) groups excluding carboxylic acids is 3. The van der Waals surface area contributed by atoms with Gasteiger partial charge in [-0.05, 0) is 49.2 Å². The highest BCUT2D eigenvalue weighted by Gasteiger charge is 2.26. The number of nitrogens with one attached hydrogen (secondary N) is 3. The van der Waals surface area contributed by atoms with Crippen molar-refractivity contribution in [2.45, 2.75) is 33.2 Å². The Morgan fingerprint density at radius 2 is 1.48 bits per heavy atom. The van der Waals surface area contributed by atoms with Gasteiger partial charge < -0.3 is 10.1 Å². The fraction of sp³-hybridized carbons (Fsp3) is 0.318. The maximum Gasteiger partial charge on any atom is 0.269 e. The molecule has 7 heteroatoms. The number of amides is 3. The van der Waals surface area contributed by atoms with E-state index in [1.54, 1.807) is 48.5 Å². The second-order valence-corrected chi connectivity index (χ2v) is 6.60. The van der Waals surface area contributed by atoms with Gasteiger partial charge in [-0.25, -0.2) is 0 Å². The summed E-state index contributed by atoms with van der Waals surface area (Å²) in [6.45, 7) is 6.20. The third-order valence-electron chi connectivity index (χ3n) is 4.54. The normalized spacial score (nSPS) is 12.4. The average Bonchev–Trinajstić information content (AvgIpc) is 2.76. The first kappa shape index (κ1) is 21.9. The van der Waals surface area contributed by atoms with Crippen molar-refractivity contribution in [2.75, 3.05) is 6.61 Å². The highest BCUT2D eigenvalue weighted by Crippen LogP contribution is 2.12. The Bertz CT molecular complexity index is 822. The van der Waals surface area contributed by atoms with Crippen molar-refractivity contribution in [3.63, 3.8) is 0 Å². The molecule has 2 atom stereocenters. The van der Waals surface area contributed by atoms with E-state index in [0.29, 0.717) is 29.9 Å². The van der Waals surface area contributed by atoms with Gasteiger partial charge in [0.25, 0.3) is 17.7 Å². The summed E-state index contributed by atoms with van der Waals surface area (Å²) in [6, 6.07) is 14.5. The van der Waals surface area contributed by atoms with Crippen molar-refractivity contribution >= 4 is 17.7 Å². The number of rotatable bonds is 8. The van der Waals surface area contributed by atoms with Gasteiger partial charge in [-0.15, -0.1) is 0 Å². The molecule has 0 aliphatic heterocycles. The number of ether oxygens (including phenoxy) is 1. The van der Waals surface area contributed by atoms with Crippen LogP contribution in [0.5, 0.6) is 5.75 Å². The van der Waals surface area contributed by atoms with Crippen molar-refractivity contribution in [2.24, 2.45) is 5.92 Å². The van der Waals surface area contributed by atoms with E-state index in [2.05, 4.69) is 16.2 Å². The average molecular weight is 397 g/mol. The standard InChI is InChI=1S/C22H27N3O4/c1-4-15(3)19(23-20(26)16-9-7-6-8-10-16)22(28)25-24-21(27)17-11-13-18(14-12-17)29-5-2/h6-15,19H,4-5H2,1-3H3,(H,23,26)(H,24,27)(H,25,28). The van der Waals surface area contributed by atoms with Gasteiger partial charge in [0, 0.05) is 11.1 Å². The van der Waals surface area contributed by atoms with Crippen LogP contribution in [0.15, 0.2) is 54.6 Å². The lowest BCUT2D eigenvalue weighted by Crippen LogP contribution is -2.54. The fourth-order valence-corrected chi connectivity index (χ4v) is 2.65. The molecule has 154 valence electrons. The lowest BCUT2D eigenvalue weighted by Gasteiger charge is -2.23. The first-order valence-electron chi connectivity index (χ1n) is 9.65. The van der Waals surface area contributed by atoms with Crippen LogP contribution in [-0.4, -0.2) is 30.4 Å². The molecular weight excluding hydrogens is 370 g/mol. The van der Waals surface area contributed by atoms with Gasteiger partial charge >= 0.3 is 0 Å². The van der Waals surface area contributed by atoms with Crippen LogP contribution >= 0.6 is 0 Å². The quantitative estimate of drug-likeness (QED) is 0.597. The van der Waals surface area contributed by atoms with Gasteiger partial charge in [0.15, 0.2) is 0 Å². The number of hydrazine groups is 1. The summed E-state index contributed by atoms with van der Waals surface area (Å²) in [5.41, 5.74) is 5.64. The third-order valence-corrected chi connectivity index (χ3v) is 4.54. The second-order valence-electron chi connectivity index (χ2n) is 6.60. The maximum absolute atomic E-state index is 12.6. The van der Waals surface area contributed by atoms with E-state index in [1.807, 2.05) is 26.8 Å². The lowest BCUT2D eigenvalue weighted by molar-refractivity contribution is -0.124. The molecule has 0 aliphatic carbocycles. The Morgan fingerprint density at radius 1 is 0.862 bits per heavy atom. The summed E-state index contributed by atoms with van der Waals surface area (Å²) in [7, 11) is 0. The van der Waals surface area contributed by atoms with Gasteiger partial charge in [-0.3, -0.25) is 25.2 Å². The molecular formula is C22H27N3O4. The minimum Gasteiger partial charge on any atom is -0.494 e. The molecule has 0 saturated carbocycles. The molecule has 0 spiro atoms. The summed E-state index contributed by atoms with van der Waals surface area (Å²) < 4.78 is 5.34. The van der Waals surface area contributed by atoms with Gasteiger partial charge in [0.2, 0.25) is 0 Å². The van der Waals surface area contributed by atoms with Gasteiger partial charge in [0.1, 0.15) is 11.8 Å². The highest BCUT2D eigenvalue weighted by molar-refractivity contribution is 5.99. The Labute approximate surface area is 170 Å². The topological polar surface area (TPSA) is 96.5 Å². The zero-order valence-electron chi connectivity index (χ0n) is 16.9. The van der Waals surface area contributed by atoms with E-state index in [1.165, 1.54) is 0 Å². The van der Waals surface area contributed by atoms with Crippen LogP contribution in [0.1, 0.15) is 47.9 Å². The molecule has 7 nitrogen and oxygen atoms in total. The van der Waals surface area contributed by atoms with E-state index >= 15 is 0 Å². The van der Waals surface area contributed by atoms with Crippen LogP contribution in [-0.2, 0) is 4.79 Å². The van der Waals surface area contributed by atoms with Crippen LogP contribution in [0.4, 0.5) is 0 Å². The summed E-state index contributed by atoms with van der Waals surface area (Å²) >= 11 is 0. The molecule has 0 bridgehead atoms. The van der Waals surface area contributed by atoms with Crippen molar-refractivity contribution in [1.82, 2.24) is 16.2 Å². The van der Waals surface area contributed by atoms with Crippen LogP contribution in [0.25, 0.3) is 0 Å². The molecule has 2 rings (SSSR count). The molecule has 0 aromatic heterocycles. The summed E-state index contributed by atoms with van der Waals surface area (Å²) in [5.74, 6) is -0.746. The van der Waals surface area contributed by atoms with Crippen molar-refractivity contribution in [1.29, 1.82) is 0 Å². The zero-order chi connectivity index (χ0) is 21.2. The van der Waals surface area contributed by atoms with E-state index < -0.39 is 17.9 Å². The van der Waals surface area contributed by atoms with Crippen molar-refractivity contribution in [3.8, 4) is 5.75 Å². The molecule has 0 radical (unpaired) electrons. The molecule has 2 unspecified atom stereocenters. The summed E-state index contributed by atoms with van der Waals surface area (Å²) in [5, 5.41) is 2.75. The number of carbonyl (C=O) groups is 3. The zero-order valence-corrected chi connectivity index (χ0v) is 16.9. The molecule has 0 saturated heterocycles. The molecule has 3 amide bonds. The minimum absolute atomic E-state index is 0.120. The summed E-state index contributed by atoms with van der Waals surface area (Å²) in [4.78, 5) is 37.3. The summed E-state index contributed by atoms with van der Waals surface area (Å²) in [6.07, 6.45) is 0.681. The van der Waals surface area contributed by atoms with Crippen LogP contribution in [0.2, 0.25) is 0 Å². The van der Waals surface area contributed by atoms with E-state index in [0.717, 1.165) is 0 Å². The number of benzene rings is 2. The monoisotopic (exact) mass is 397 g/mol. The first-order valence-corrected chi connectivity index (χ1v) is 9.65. The molecule has 0 fully saturated rings. The Balaban J connectivity index is 1.98. The Morgan fingerprint density at radius 3 is 2.07 bits per heavy atom. The van der Waals surface area contributed by atoms with E-state index in [4.69, 9.17) is 4.74 Å². The van der Waals surface area contributed by atoms with Crippen LogP contribution in [0, 0.1) is 5.92 Å². The maximum atomic E-state index is 12.6. The molecule has 2 aromatic rings. The lowest BCUT2D eigenvalue weighted by atomic mass is 9.98. The van der Waals surface area contributed by atoms with Crippen molar-refractivity contribution < 1.29 is 19.1 Å². The van der Waals surface area contributed by atoms with Gasteiger partial charge in [0.05, 0.1) is 6.61 Å². The van der Waals surface area contributed by atoms with E-state index in [9.17, 15) is 14.4 Å². The van der Waals surface area contributed by atoms with Crippen LogP contribution in [0.3, 0.4) is 0 Å². The second kappa shape index (κ2) is 10.8. The third kappa shape index (κ3) is 6.34. The first-order chi connectivity index (χ1) is 14.0. The van der Waals surface area contributed by atoms with Crippen LogP contribution < -0.4 is 20.9 Å². The number of hydrogen-bond donors (Lipinski definition) is 3. The Kier molecular flexibility index (Phi) is 8.21. The largest absolute Gasteiger partial charge is 0.494 e. The smallest absolute Gasteiger partial charge is 0.269 e. The SMILES string of the molecule is CCOc1ccc(C(=O)NNC(=O)C(NC(=O)c2ccccc2)C(C)CC)cc1. The highest BCUT2D eigenvalue weighted by atomic mass is 16.5. The van der Waals surface area contributed by atoms with Gasteiger partial charge in [-0.1, -0.05) is 38.5 Å². The van der Waals surface area contributed by atoms with E-state index in [-0.39, 0.29) is 11.8 Å². The number of hydrogen-bond acceptors (Lipinski definition) is 4. The molecule has 0 heterocycles. The minimum atomic E-state index is -0.784. The van der Waals surface area contributed by atoms with Crippen molar-refractivity contribution in [3.05, 3.63) is 65.7 Å². The molecule has 2 aromatic carbocycles. The fourth-order valence-electron chi connectivity index (χ4n) is 2.65.